The highest BCUT2D eigenvalue weighted by molar-refractivity contribution is 5.91. The highest BCUT2D eigenvalue weighted by Gasteiger charge is 2.37. The van der Waals surface area contributed by atoms with Gasteiger partial charge in [0.05, 0.1) is 11.0 Å². The van der Waals surface area contributed by atoms with Gasteiger partial charge in [-0.1, -0.05) is 52.0 Å². The third-order valence-electron chi connectivity index (χ3n) is 7.51. The average Bonchev–Trinajstić information content (AvgIpc) is 3.27. The highest BCUT2D eigenvalue weighted by Crippen LogP contribution is 2.46. The van der Waals surface area contributed by atoms with Crippen molar-refractivity contribution in [2.75, 3.05) is 0 Å². The Morgan fingerprint density at radius 2 is 1.63 bits per heavy atom. The predicted molar refractivity (Wildman–Crippen MR) is 137 cm³/mol. The Balaban J connectivity index is 1.49. The molecule has 0 unspecified atom stereocenters. The molecule has 0 bridgehead atoms. The van der Waals surface area contributed by atoms with Gasteiger partial charge in [0.1, 0.15) is 5.76 Å². The van der Waals surface area contributed by atoms with Gasteiger partial charge in [0.15, 0.2) is 5.76 Å². The zero-order valence-electron chi connectivity index (χ0n) is 21.4. The summed E-state index contributed by atoms with van der Waals surface area (Å²) in [6.07, 6.45) is 2.97. The van der Waals surface area contributed by atoms with Crippen LogP contribution < -0.4 is 5.32 Å². The van der Waals surface area contributed by atoms with Crippen LogP contribution in [0.5, 0.6) is 0 Å². The minimum absolute atomic E-state index is 0.0207. The van der Waals surface area contributed by atoms with E-state index in [0.29, 0.717) is 6.42 Å². The van der Waals surface area contributed by atoms with Gasteiger partial charge in [0, 0.05) is 18.6 Å². The molecule has 1 N–H and O–H groups in total. The van der Waals surface area contributed by atoms with E-state index in [0.717, 1.165) is 17.7 Å². The van der Waals surface area contributed by atoms with Gasteiger partial charge in [-0.05, 0) is 77.5 Å². The molecule has 1 heterocycles. The number of nitrogens with zero attached hydrogens (tertiary/aromatic N) is 1. The predicted octanol–water partition coefficient (Wildman–Crippen LogP) is 6.93. The van der Waals surface area contributed by atoms with Crippen molar-refractivity contribution >= 4 is 11.6 Å². The van der Waals surface area contributed by atoms with Gasteiger partial charge in [-0.3, -0.25) is 14.9 Å². The molecule has 1 aromatic heterocycles. The molecule has 0 saturated carbocycles. The minimum atomic E-state index is -0.441. The number of hydrogen-bond acceptors (Lipinski definition) is 4. The lowest BCUT2D eigenvalue weighted by Gasteiger charge is -2.42. The Hall–Kier alpha value is -3.41. The number of hydrogen-bond donors (Lipinski definition) is 1. The molecule has 6 nitrogen and oxygen atoms in total. The number of aryl methyl sites for hydroxylation is 1. The van der Waals surface area contributed by atoms with Crippen molar-refractivity contribution in [3.05, 3.63) is 98.0 Å². The zero-order chi connectivity index (χ0) is 25.5. The maximum Gasteiger partial charge on any atom is 0.287 e. The van der Waals surface area contributed by atoms with Gasteiger partial charge in [0.25, 0.3) is 11.6 Å². The molecule has 4 rings (SSSR count). The fraction of sp³-hybridized carbons (Fsp3) is 0.414. The van der Waals surface area contributed by atoms with Crippen molar-refractivity contribution in [2.45, 2.75) is 77.7 Å². The second kappa shape index (κ2) is 8.99. The van der Waals surface area contributed by atoms with Crippen molar-refractivity contribution in [1.29, 1.82) is 0 Å². The van der Waals surface area contributed by atoms with E-state index in [1.54, 1.807) is 18.2 Å². The molecule has 35 heavy (non-hydrogen) atoms. The van der Waals surface area contributed by atoms with Crippen LogP contribution in [0.15, 0.2) is 52.9 Å². The summed E-state index contributed by atoms with van der Waals surface area (Å²) in [6.45, 7) is 13.3. The third-order valence-corrected chi connectivity index (χ3v) is 7.51. The number of amides is 1. The van der Waals surface area contributed by atoms with E-state index in [2.05, 4.69) is 52.1 Å². The summed E-state index contributed by atoms with van der Waals surface area (Å²) in [5.74, 6) is 0.687. The lowest BCUT2D eigenvalue weighted by molar-refractivity contribution is -0.384. The molecule has 0 spiro atoms. The number of carbonyl (C=O) groups is 1. The van der Waals surface area contributed by atoms with Crippen LogP contribution in [0.3, 0.4) is 0 Å². The second-order valence-corrected chi connectivity index (χ2v) is 11.1. The summed E-state index contributed by atoms with van der Waals surface area (Å²) in [5.41, 5.74) is 6.42. The molecule has 1 amide bonds. The fourth-order valence-corrected chi connectivity index (χ4v) is 4.98. The van der Waals surface area contributed by atoms with E-state index < -0.39 is 4.92 Å². The number of rotatable bonds is 6. The average molecular weight is 475 g/mol. The summed E-state index contributed by atoms with van der Waals surface area (Å²) in [6, 6.07) is 14.1. The van der Waals surface area contributed by atoms with Gasteiger partial charge in [-0.2, -0.15) is 0 Å². The summed E-state index contributed by atoms with van der Waals surface area (Å²) in [4.78, 5) is 23.2. The molecule has 1 aliphatic rings. The topological polar surface area (TPSA) is 85.4 Å². The molecule has 0 saturated heterocycles. The molecule has 184 valence electrons. The Labute approximate surface area is 206 Å². The monoisotopic (exact) mass is 474 g/mol. The maximum absolute atomic E-state index is 12.8. The normalized spacial score (nSPS) is 16.9. The minimum Gasteiger partial charge on any atom is -0.456 e. The Kier molecular flexibility index (Phi) is 6.34. The number of benzene rings is 2. The Morgan fingerprint density at radius 1 is 1.03 bits per heavy atom. The summed E-state index contributed by atoms with van der Waals surface area (Å²) >= 11 is 0. The number of fused-ring (bicyclic) bond motifs is 1. The van der Waals surface area contributed by atoms with E-state index >= 15 is 0 Å². The molecule has 0 fully saturated rings. The van der Waals surface area contributed by atoms with Crippen LogP contribution in [0.25, 0.3) is 0 Å². The summed E-state index contributed by atoms with van der Waals surface area (Å²) < 4.78 is 5.93. The molecule has 0 radical (unpaired) electrons. The van der Waals surface area contributed by atoms with Crippen LogP contribution in [0.1, 0.15) is 97.6 Å². The zero-order valence-corrected chi connectivity index (χ0v) is 21.4. The largest absolute Gasteiger partial charge is 0.456 e. The van der Waals surface area contributed by atoms with Gasteiger partial charge in [-0.15, -0.1) is 0 Å². The van der Waals surface area contributed by atoms with Crippen molar-refractivity contribution in [3.8, 4) is 0 Å². The lowest BCUT2D eigenvalue weighted by atomic mass is 9.62. The first-order valence-electron chi connectivity index (χ1n) is 12.2. The first-order chi connectivity index (χ1) is 16.4. The van der Waals surface area contributed by atoms with Crippen molar-refractivity contribution in [3.63, 3.8) is 0 Å². The number of nitrogens with one attached hydrogen (secondary N) is 1. The third kappa shape index (κ3) is 5.02. The van der Waals surface area contributed by atoms with Gasteiger partial charge in [-0.25, -0.2) is 0 Å². The molecule has 1 atom stereocenters. The van der Waals surface area contributed by atoms with Gasteiger partial charge < -0.3 is 9.73 Å². The fourth-order valence-electron chi connectivity index (χ4n) is 4.98. The van der Waals surface area contributed by atoms with Crippen LogP contribution in [-0.4, -0.2) is 10.8 Å². The standard InChI is InChI=1S/C29H34N2O4/c1-18-15-24-25(29(5,6)14-13-28(24,3)4)17-21(18)16-23-11-12-26(35-23)27(32)30-19(2)20-7-9-22(10-8-20)31(33)34/h7-12,15,17,19H,13-14,16H2,1-6H3,(H,30,32)/t19-/m1/s1. The van der Waals surface area contributed by atoms with Gasteiger partial charge in [0.2, 0.25) is 0 Å². The van der Waals surface area contributed by atoms with E-state index in [-0.39, 0.29) is 34.2 Å². The molecular weight excluding hydrogens is 440 g/mol. The van der Waals surface area contributed by atoms with Crippen LogP contribution in [-0.2, 0) is 17.3 Å². The van der Waals surface area contributed by atoms with Crippen molar-refractivity contribution in [1.82, 2.24) is 5.32 Å². The molecule has 1 aliphatic carbocycles. The molecule has 3 aromatic rings. The number of nitro groups is 1. The highest BCUT2D eigenvalue weighted by atomic mass is 16.6. The van der Waals surface area contributed by atoms with Crippen LogP contribution in [0.4, 0.5) is 5.69 Å². The van der Waals surface area contributed by atoms with E-state index in [1.165, 1.54) is 40.8 Å². The number of nitro benzene ring substituents is 1. The SMILES string of the molecule is Cc1cc2c(cc1Cc1ccc(C(=O)N[C@H](C)c3ccc([N+](=O)[O-])cc3)o1)C(C)(C)CCC2(C)C. The van der Waals surface area contributed by atoms with Crippen LogP contribution in [0.2, 0.25) is 0 Å². The van der Waals surface area contributed by atoms with Crippen LogP contribution >= 0.6 is 0 Å². The smallest absolute Gasteiger partial charge is 0.287 e. The van der Waals surface area contributed by atoms with E-state index in [9.17, 15) is 14.9 Å². The second-order valence-electron chi connectivity index (χ2n) is 11.1. The van der Waals surface area contributed by atoms with E-state index in [1.807, 2.05) is 13.0 Å². The summed E-state index contributed by atoms with van der Waals surface area (Å²) in [7, 11) is 0. The Bertz CT molecular complexity index is 1270. The first kappa shape index (κ1) is 24.7. The van der Waals surface area contributed by atoms with Crippen molar-refractivity contribution in [2.24, 2.45) is 0 Å². The molecule has 0 aliphatic heterocycles. The van der Waals surface area contributed by atoms with Gasteiger partial charge >= 0.3 is 0 Å². The lowest BCUT2D eigenvalue weighted by Crippen LogP contribution is -2.34. The van der Waals surface area contributed by atoms with Crippen LogP contribution in [0, 0.1) is 17.0 Å². The Morgan fingerprint density at radius 3 is 2.23 bits per heavy atom. The quantitative estimate of drug-likeness (QED) is 0.310. The van der Waals surface area contributed by atoms with E-state index in [4.69, 9.17) is 4.42 Å². The number of carbonyl (C=O) groups excluding carboxylic acids is 1. The first-order valence-corrected chi connectivity index (χ1v) is 12.2. The molecule has 2 aromatic carbocycles. The number of non-ortho nitro benzene ring substituents is 1. The van der Waals surface area contributed by atoms with Crippen molar-refractivity contribution < 1.29 is 14.1 Å². The molecule has 6 heteroatoms. The maximum atomic E-state index is 12.8. The summed E-state index contributed by atoms with van der Waals surface area (Å²) in [5, 5.41) is 13.8. The number of furan rings is 1. The molecular formula is C29H34N2O4.